The number of H-pyrrole nitrogens is 1. The summed E-state index contributed by atoms with van der Waals surface area (Å²) in [4.78, 5) is 7.96. The third-order valence-corrected chi connectivity index (χ3v) is 7.01. The minimum Gasteiger partial charge on any atom is -0.470 e. The van der Waals surface area contributed by atoms with Crippen molar-refractivity contribution in [2.75, 3.05) is 19.8 Å². The highest BCUT2D eigenvalue weighted by Crippen LogP contribution is 2.48. The molecule has 1 aliphatic carbocycles. The molecule has 0 amide bonds. The van der Waals surface area contributed by atoms with Crippen LogP contribution in [0.25, 0.3) is 22.3 Å². The molecule has 3 fully saturated rings. The number of fused-ring (bicyclic) bond motifs is 2. The van der Waals surface area contributed by atoms with Crippen LogP contribution in [0.15, 0.2) is 36.4 Å². The Morgan fingerprint density at radius 2 is 1.90 bits per heavy atom. The van der Waals surface area contributed by atoms with E-state index in [0.717, 1.165) is 35.0 Å². The molecule has 3 aromatic rings. The molecule has 2 saturated heterocycles. The standard InChI is InChI=1S/C23H23ClN2O5/c24-14-7-15-16(8-19(25-15)31-18-10-30-21-17(28)9-29-22(18)21)26-20(14)12-1-3-13(4-2-12)23(11-27)5-6-23/h1-4,7-8,17-18,21-22,25,27-28H,5-6,9-11H2/t17-,18+,21?,22-/m1/s1. The van der Waals surface area contributed by atoms with E-state index < -0.39 is 6.10 Å². The number of rotatable bonds is 5. The molecule has 8 heteroatoms. The number of aromatic amines is 1. The predicted octanol–water partition coefficient (Wildman–Crippen LogP) is 2.81. The molecule has 6 rings (SSSR count). The number of halogens is 1. The van der Waals surface area contributed by atoms with Gasteiger partial charge in [-0.2, -0.15) is 0 Å². The first-order valence-electron chi connectivity index (χ1n) is 10.6. The summed E-state index contributed by atoms with van der Waals surface area (Å²) in [6.07, 6.45) is 0.537. The topological polar surface area (TPSA) is 96.8 Å². The summed E-state index contributed by atoms with van der Waals surface area (Å²) in [6.45, 7) is 0.810. The lowest BCUT2D eigenvalue weighted by Gasteiger charge is -2.16. The minimum absolute atomic E-state index is 0.0609. The van der Waals surface area contributed by atoms with Gasteiger partial charge in [-0.15, -0.1) is 0 Å². The van der Waals surface area contributed by atoms with Gasteiger partial charge in [0.25, 0.3) is 0 Å². The van der Waals surface area contributed by atoms with Gasteiger partial charge in [0.2, 0.25) is 0 Å². The van der Waals surface area contributed by atoms with E-state index in [4.69, 9.17) is 30.8 Å². The van der Waals surface area contributed by atoms with Crippen LogP contribution >= 0.6 is 11.6 Å². The molecule has 31 heavy (non-hydrogen) atoms. The highest BCUT2D eigenvalue weighted by Gasteiger charge is 2.48. The Balaban J connectivity index is 1.26. The Morgan fingerprint density at radius 3 is 2.65 bits per heavy atom. The summed E-state index contributed by atoms with van der Waals surface area (Å²) in [5.74, 6) is 0.559. The van der Waals surface area contributed by atoms with Crippen molar-refractivity contribution in [3.8, 4) is 17.1 Å². The van der Waals surface area contributed by atoms with Crippen LogP contribution in [0, 0.1) is 0 Å². The van der Waals surface area contributed by atoms with Crippen LogP contribution in [-0.4, -0.2) is 64.4 Å². The Hall–Kier alpha value is -2.16. The number of nitrogens with zero attached hydrogens (tertiary/aromatic N) is 1. The summed E-state index contributed by atoms with van der Waals surface area (Å²) >= 11 is 6.54. The average Bonchev–Trinajstić information content (AvgIpc) is 3.12. The van der Waals surface area contributed by atoms with Crippen LogP contribution in [0.2, 0.25) is 5.02 Å². The second kappa shape index (κ2) is 7.18. The van der Waals surface area contributed by atoms with Crippen LogP contribution in [0.5, 0.6) is 5.88 Å². The van der Waals surface area contributed by atoms with Gasteiger partial charge in [0.05, 0.1) is 41.6 Å². The number of hydrogen-bond donors (Lipinski definition) is 3. The van der Waals surface area contributed by atoms with Crippen molar-refractivity contribution in [1.29, 1.82) is 0 Å². The summed E-state index contributed by atoms with van der Waals surface area (Å²) in [6, 6.07) is 11.8. The fourth-order valence-corrected chi connectivity index (χ4v) is 4.91. The van der Waals surface area contributed by atoms with Crippen LogP contribution in [0.4, 0.5) is 0 Å². The maximum atomic E-state index is 9.90. The molecule has 4 heterocycles. The number of aliphatic hydroxyl groups excluding tert-OH is 2. The SMILES string of the molecule is OCC1(c2ccc(-c3nc4cc(O[C@H]5COC6[C@H](O)CO[C@@H]65)[nH]c4cc3Cl)cc2)CC1. The van der Waals surface area contributed by atoms with Gasteiger partial charge >= 0.3 is 0 Å². The number of aromatic nitrogens is 2. The number of aliphatic hydroxyl groups is 2. The molecule has 7 nitrogen and oxygen atoms in total. The molecular weight excluding hydrogens is 420 g/mol. The fourth-order valence-electron chi connectivity index (χ4n) is 4.65. The van der Waals surface area contributed by atoms with Crippen LogP contribution in [-0.2, 0) is 14.9 Å². The maximum absolute atomic E-state index is 9.90. The summed E-state index contributed by atoms with van der Waals surface area (Å²) in [7, 11) is 0. The van der Waals surface area contributed by atoms with E-state index in [2.05, 4.69) is 17.1 Å². The molecule has 0 radical (unpaired) electrons. The van der Waals surface area contributed by atoms with Crippen molar-refractivity contribution in [1.82, 2.24) is 9.97 Å². The number of nitrogens with one attached hydrogen (secondary N) is 1. The van der Waals surface area contributed by atoms with E-state index in [1.807, 2.05) is 24.3 Å². The normalized spacial score (nSPS) is 28.7. The number of hydrogen-bond acceptors (Lipinski definition) is 6. The molecule has 3 N–H and O–H groups in total. The number of pyridine rings is 1. The lowest BCUT2D eigenvalue weighted by Crippen LogP contribution is -2.34. The number of benzene rings is 1. The zero-order valence-electron chi connectivity index (χ0n) is 16.8. The zero-order valence-corrected chi connectivity index (χ0v) is 17.5. The van der Waals surface area contributed by atoms with E-state index >= 15 is 0 Å². The minimum atomic E-state index is -0.608. The van der Waals surface area contributed by atoms with Crippen molar-refractivity contribution < 1.29 is 24.4 Å². The van der Waals surface area contributed by atoms with Crippen molar-refractivity contribution in [2.45, 2.75) is 42.7 Å². The van der Waals surface area contributed by atoms with Gasteiger partial charge in [-0.05, 0) is 24.5 Å². The molecule has 2 aromatic heterocycles. The smallest absolute Gasteiger partial charge is 0.193 e. The average molecular weight is 443 g/mol. The predicted molar refractivity (Wildman–Crippen MR) is 114 cm³/mol. The van der Waals surface area contributed by atoms with Gasteiger partial charge in [-0.3, -0.25) is 0 Å². The van der Waals surface area contributed by atoms with Gasteiger partial charge in [0.1, 0.15) is 18.3 Å². The molecule has 1 aromatic carbocycles. The van der Waals surface area contributed by atoms with E-state index in [0.29, 0.717) is 23.2 Å². The molecular formula is C23H23ClN2O5. The quantitative estimate of drug-likeness (QED) is 0.562. The van der Waals surface area contributed by atoms with Crippen molar-refractivity contribution in [3.63, 3.8) is 0 Å². The summed E-state index contributed by atoms with van der Waals surface area (Å²) in [5.41, 5.74) is 4.25. The van der Waals surface area contributed by atoms with Gasteiger partial charge in [-0.25, -0.2) is 4.98 Å². The Morgan fingerprint density at radius 1 is 1.13 bits per heavy atom. The van der Waals surface area contributed by atoms with E-state index in [9.17, 15) is 10.2 Å². The van der Waals surface area contributed by atoms with Crippen LogP contribution in [0.3, 0.4) is 0 Å². The Kier molecular flexibility index (Phi) is 4.52. The molecule has 0 bridgehead atoms. The molecule has 3 aliphatic rings. The van der Waals surface area contributed by atoms with E-state index in [1.165, 1.54) is 0 Å². The second-order valence-electron chi connectivity index (χ2n) is 8.72. The third-order valence-electron chi connectivity index (χ3n) is 6.72. The van der Waals surface area contributed by atoms with Gasteiger partial charge in [-0.1, -0.05) is 35.9 Å². The van der Waals surface area contributed by atoms with Crippen LogP contribution < -0.4 is 4.74 Å². The lowest BCUT2D eigenvalue weighted by atomic mass is 9.95. The number of ether oxygens (including phenoxy) is 3. The highest BCUT2D eigenvalue weighted by atomic mass is 35.5. The zero-order chi connectivity index (χ0) is 21.2. The van der Waals surface area contributed by atoms with Crippen molar-refractivity contribution in [3.05, 3.63) is 47.0 Å². The van der Waals surface area contributed by atoms with Gasteiger partial charge in [0, 0.05) is 17.0 Å². The van der Waals surface area contributed by atoms with Crippen molar-refractivity contribution in [2.24, 2.45) is 0 Å². The largest absolute Gasteiger partial charge is 0.470 e. The Bertz CT molecular complexity index is 1130. The van der Waals surface area contributed by atoms with Gasteiger partial charge < -0.3 is 29.4 Å². The summed E-state index contributed by atoms with van der Waals surface area (Å²) in [5, 5.41) is 20.1. The monoisotopic (exact) mass is 442 g/mol. The highest BCUT2D eigenvalue weighted by molar-refractivity contribution is 6.33. The van der Waals surface area contributed by atoms with E-state index in [1.54, 1.807) is 0 Å². The molecule has 1 saturated carbocycles. The Labute approximate surface area is 183 Å². The lowest BCUT2D eigenvalue weighted by molar-refractivity contribution is 0.00794. The maximum Gasteiger partial charge on any atom is 0.193 e. The molecule has 1 unspecified atom stereocenters. The fraction of sp³-hybridized carbons (Fsp3) is 0.435. The second-order valence-corrected chi connectivity index (χ2v) is 9.13. The first kappa shape index (κ1) is 19.5. The first-order valence-corrected chi connectivity index (χ1v) is 10.9. The molecule has 0 spiro atoms. The van der Waals surface area contributed by atoms with E-state index in [-0.39, 0.29) is 36.9 Å². The van der Waals surface area contributed by atoms with Gasteiger partial charge in [0.15, 0.2) is 12.0 Å². The van der Waals surface area contributed by atoms with Crippen LogP contribution in [0.1, 0.15) is 18.4 Å². The first-order chi connectivity index (χ1) is 15.1. The molecule has 2 aliphatic heterocycles. The third kappa shape index (κ3) is 3.23. The molecule has 162 valence electrons. The summed E-state index contributed by atoms with van der Waals surface area (Å²) < 4.78 is 17.3. The molecule has 4 atom stereocenters. The van der Waals surface area contributed by atoms with Crippen molar-refractivity contribution >= 4 is 22.6 Å².